The molecule has 0 bridgehead atoms. The maximum Gasteiger partial charge on any atom is 0.286 e. The molecule has 2 nitrogen and oxygen atoms in total. The summed E-state index contributed by atoms with van der Waals surface area (Å²) < 4.78 is 28.4. The van der Waals surface area contributed by atoms with Crippen molar-refractivity contribution < 1.29 is 18.7 Å². The van der Waals surface area contributed by atoms with Gasteiger partial charge in [0.1, 0.15) is 11.4 Å². The number of hydrogen-bond acceptors (Lipinski definition) is 2. The molecule has 0 aromatic rings. The number of allylic oxidation sites excluding steroid dienone is 1. The average Bonchev–Trinajstić information content (AvgIpc) is 2.89. The van der Waals surface area contributed by atoms with Gasteiger partial charge in [0.2, 0.25) is 0 Å². The lowest BCUT2D eigenvalue weighted by atomic mass is 9.51. The van der Waals surface area contributed by atoms with E-state index in [1.807, 2.05) is 0 Å². The molecule has 26 heavy (non-hydrogen) atoms. The van der Waals surface area contributed by atoms with Crippen LogP contribution in [0, 0.1) is 40.9 Å². The van der Waals surface area contributed by atoms with Gasteiger partial charge in [-0.1, -0.05) is 34.5 Å². The van der Waals surface area contributed by atoms with Crippen LogP contribution in [0.25, 0.3) is 0 Å². The Hall–Kier alpha value is -0.290. The summed E-state index contributed by atoms with van der Waals surface area (Å²) in [4.78, 5) is 12.4. The number of rotatable bonds is 2. The van der Waals surface area contributed by atoms with Crippen LogP contribution in [-0.2, 0) is 4.79 Å². The topological polar surface area (TPSA) is 37.3 Å². The van der Waals surface area contributed by atoms with E-state index in [0.29, 0.717) is 35.3 Å². The van der Waals surface area contributed by atoms with Crippen molar-refractivity contribution in [2.75, 3.05) is 5.33 Å². The molecule has 144 valence electrons. The Balaban J connectivity index is 1.44. The van der Waals surface area contributed by atoms with Crippen LogP contribution < -0.4 is 0 Å². The molecule has 5 aliphatic rings. The van der Waals surface area contributed by atoms with E-state index in [9.17, 15) is 18.7 Å². The largest absolute Gasteiger partial charge is 0.383 e. The third-order valence-corrected chi connectivity index (χ3v) is 9.64. The normalized spacial score (nSPS) is 53.7. The van der Waals surface area contributed by atoms with Gasteiger partial charge in [0.05, 0.1) is 11.2 Å². The van der Waals surface area contributed by atoms with Crippen molar-refractivity contribution in [1.82, 2.24) is 0 Å². The second kappa shape index (κ2) is 5.40. The third-order valence-electron chi connectivity index (χ3n) is 9.09. The lowest BCUT2D eigenvalue weighted by Gasteiger charge is -2.53. The van der Waals surface area contributed by atoms with Crippen LogP contribution >= 0.6 is 15.9 Å². The fourth-order valence-electron chi connectivity index (χ4n) is 7.78. The molecule has 0 aliphatic heterocycles. The van der Waals surface area contributed by atoms with Crippen molar-refractivity contribution in [3.8, 4) is 0 Å². The van der Waals surface area contributed by atoms with Crippen molar-refractivity contribution in [2.24, 2.45) is 40.9 Å². The molecule has 1 unspecified atom stereocenters. The fraction of sp³-hybridized carbons (Fsp3) is 0.857. The second-order valence-electron chi connectivity index (χ2n) is 9.77. The summed E-state index contributed by atoms with van der Waals surface area (Å²) in [5, 5.41) is 10.7. The Morgan fingerprint density at radius 3 is 2.73 bits per heavy atom. The fourth-order valence-corrected chi connectivity index (χ4v) is 8.17. The number of Topliss-reactive ketones (excluding diaryl/α,β-unsaturated/α-hetero) is 1. The van der Waals surface area contributed by atoms with Crippen LogP contribution in [0.4, 0.5) is 8.78 Å². The number of halogens is 3. The highest BCUT2D eigenvalue weighted by molar-refractivity contribution is 9.09. The predicted octanol–water partition coefficient (Wildman–Crippen LogP) is 4.75. The molecule has 0 spiro atoms. The Bertz CT molecular complexity index is 691. The molecule has 0 saturated heterocycles. The van der Waals surface area contributed by atoms with E-state index < -0.39 is 17.4 Å². The number of ketones is 1. The number of hydrogen-bond donors (Lipinski definition) is 1. The van der Waals surface area contributed by atoms with E-state index in [2.05, 4.69) is 28.9 Å². The lowest BCUT2D eigenvalue weighted by Crippen LogP contribution is -2.47. The van der Waals surface area contributed by atoms with Crippen molar-refractivity contribution in [2.45, 2.75) is 63.4 Å². The SMILES string of the molecule is C[C@]12CC[C@H]3[C@@H](CC=C4C5C(F)(F)[C@@]5(O)CC[C@@H]43)[C@@H]1CC[C@@H]2C(=O)CBr. The predicted molar refractivity (Wildman–Crippen MR) is 98.1 cm³/mol. The van der Waals surface area contributed by atoms with Gasteiger partial charge >= 0.3 is 0 Å². The molecule has 0 aromatic heterocycles. The summed E-state index contributed by atoms with van der Waals surface area (Å²) in [6.07, 6.45) is 8.02. The summed E-state index contributed by atoms with van der Waals surface area (Å²) in [7, 11) is 0. The highest BCUT2D eigenvalue weighted by Crippen LogP contribution is 2.72. The molecule has 0 heterocycles. The minimum atomic E-state index is -2.93. The molecule has 1 N–H and O–H groups in total. The van der Waals surface area contributed by atoms with Crippen LogP contribution in [-0.4, -0.2) is 27.7 Å². The van der Waals surface area contributed by atoms with Gasteiger partial charge in [-0.15, -0.1) is 0 Å². The van der Waals surface area contributed by atoms with E-state index in [0.717, 1.165) is 37.7 Å². The molecule has 0 amide bonds. The Labute approximate surface area is 161 Å². The number of aliphatic hydroxyl groups is 1. The number of fused-ring (bicyclic) bond motifs is 7. The Kier molecular flexibility index (Phi) is 3.70. The van der Waals surface area contributed by atoms with Gasteiger partial charge < -0.3 is 5.11 Å². The monoisotopic (exact) mass is 428 g/mol. The maximum absolute atomic E-state index is 14.2. The summed E-state index contributed by atoms with van der Waals surface area (Å²) in [5.41, 5.74) is -0.817. The molecule has 0 radical (unpaired) electrons. The highest BCUT2D eigenvalue weighted by Gasteiger charge is 2.83. The average molecular weight is 429 g/mol. The zero-order valence-electron chi connectivity index (χ0n) is 15.2. The van der Waals surface area contributed by atoms with E-state index in [-0.39, 0.29) is 23.7 Å². The first-order chi connectivity index (χ1) is 12.3. The standard InChI is InChI=1S/C21H27BrF2O2/c1-19-8-6-11-12-7-9-20(26)18(21(20,23)24)14(12)3-2-13(11)15(19)4-5-16(19)17(25)10-22/h3,11-13,15-16,18,26H,2,4-10H2,1H3/t11-,12-,13-,15+,16-,18?,19+,20-/m1/s1. The van der Waals surface area contributed by atoms with Crippen molar-refractivity contribution in [3.63, 3.8) is 0 Å². The van der Waals surface area contributed by atoms with Gasteiger partial charge in [-0.2, -0.15) is 0 Å². The molecule has 5 heteroatoms. The van der Waals surface area contributed by atoms with E-state index >= 15 is 0 Å². The molecule has 4 fully saturated rings. The van der Waals surface area contributed by atoms with Crippen LogP contribution in [0.3, 0.4) is 0 Å². The first-order valence-corrected chi connectivity index (χ1v) is 11.3. The molecule has 8 atom stereocenters. The van der Waals surface area contributed by atoms with Crippen LogP contribution in [0.2, 0.25) is 0 Å². The second-order valence-corrected chi connectivity index (χ2v) is 10.3. The van der Waals surface area contributed by atoms with Gasteiger partial charge in [0, 0.05) is 5.92 Å². The van der Waals surface area contributed by atoms with Gasteiger partial charge in [-0.25, -0.2) is 8.78 Å². The minimum absolute atomic E-state index is 0.0796. The first kappa shape index (κ1) is 17.8. The van der Waals surface area contributed by atoms with Gasteiger partial charge in [0.15, 0.2) is 0 Å². The molecular weight excluding hydrogens is 402 g/mol. The van der Waals surface area contributed by atoms with Gasteiger partial charge in [0.25, 0.3) is 5.92 Å². The van der Waals surface area contributed by atoms with Crippen LogP contribution in [0.1, 0.15) is 51.9 Å². The summed E-state index contributed by atoms with van der Waals surface area (Å²) >= 11 is 3.35. The van der Waals surface area contributed by atoms with Crippen molar-refractivity contribution in [3.05, 3.63) is 11.6 Å². The van der Waals surface area contributed by atoms with Gasteiger partial charge in [-0.05, 0) is 74.0 Å². The summed E-state index contributed by atoms with van der Waals surface area (Å²) in [6, 6.07) is 0. The quantitative estimate of drug-likeness (QED) is 0.509. The first-order valence-electron chi connectivity index (χ1n) is 10.1. The molecule has 5 rings (SSSR count). The highest BCUT2D eigenvalue weighted by atomic mass is 79.9. The number of carbonyl (C=O) groups is 1. The van der Waals surface area contributed by atoms with Crippen molar-refractivity contribution in [1.29, 1.82) is 0 Å². The van der Waals surface area contributed by atoms with E-state index in [1.165, 1.54) is 0 Å². The number of carbonyl (C=O) groups excluding carboxylic acids is 1. The van der Waals surface area contributed by atoms with Crippen LogP contribution in [0.15, 0.2) is 11.6 Å². The number of alkyl halides is 3. The van der Waals surface area contributed by atoms with Crippen molar-refractivity contribution >= 4 is 21.7 Å². The van der Waals surface area contributed by atoms with Gasteiger partial charge in [-0.3, -0.25) is 4.79 Å². The minimum Gasteiger partial charge on any atom is -0.383 e. The maximum atomic E-state index is 14.2. The lowest BCUT2D eigenvalue weighted by molar-refractivity contribution is -0.126. The molecule has 4 saturated carbocycles. The molecule has 5 aliphatic carbocycles. The van der Waals surface area contributed by atoms with Crippen LogP contribution in [0.5, 0.6) is 0 Å². The molecular formula is C21H27BrF2O2. The van der Waals surface area contributed by atoms with E-state index in [1.54, 1.807) is 0 Å². The summed E-state index contributed by atoms with van der Waals surface area (Å²) in [5.74, 6) is -1.61. The van der Waals surface area contributed by atoms with E-state index in [4.69, 9.17) is 0 Å². The molecule has 0 aromatic carbocycles. The summed E-state index contributed by atoms with van der Waals surface area (Å²) in [6.45, 7) is 2.31. The Morgan fingerprint density at radius 2 is 2.00 bits per heavy atom. The zero-order chi connectivity index (χ0) is 18.5. The Morgan fingerprint density at radius 1 is 1.23 bits per heavy atom. The third kappa shape index (κ3) is 1.97. The zero-order valence-corrected chi connectivity index (χ0v) is 16.8. The smallest absolute Gasteiger partial charge is 0.286 e.